The first kappa shape index (κ1) is 21.5. The number of anilines is 1. The molecule has 7 heteroatoms. The Hall–Kier alpha value is -3.16. The Morgan fingerprint density at radius 3 is 2.27 bits per heavy atom. The molecule has 0 fully saturated rings. The number of sulfonamides is 1. The van der Waals surface area contributed by atoms with Crippen molar-refractivity contribution >= 4 is 21.6 Å². The van der Waals surface area contributed by atoms with E-state index in [9.17, 15) is 13.2 Å². The highest BCUT2D eigenvalue weighted by Crippen LogP contribution is 2.23. The Kier molecular flexibility index (Phi) is 6.54. The molecule has 3 rings (SSSR count). The molecule has 0 aromatic heterocycles. The van der Waals surface area contributed by atoms with E-state index in [-0.39, 0.29) is 10.8 Å². The van der Waals surface area contributed by atoms with Crippen LogP contribution in [0.15, 0.2) is 77.7 Å². The number of para-hydroxylation sites is 1. The molecule has 0 unspecified atom stereocenters. The fourth-order valence-electron chi connectivity index (χ4n) is 2.79. The molecule has 0 aliphatic heterocycles. The summed E-state index contributed by atoms with van der Waals surface area (Å²) in [5.41, 5.74) is 2.44. The SMILES string of the molecule is Cc1ccc(NC(=O)c2ccc(COc3ccccc3)cc2)cc1S(=O)(=O)N(C)C. The summed E-state index contributed by atoms with van der Waals surface area (Å²) in [6, 6.07) is 21.4. The summed E-state index contributed by atoms with van der Waals surface area (Å²) in [6.45, 7) is 2.12. The summed E-state index contributed by atoms with van der Waals surface area (Å²) >= 11 is 0. The summed E-state index contributed by atoms with van der Waals surface area (Å²) in [6.07, 6.45) is 0. The fourth-order valence-corrected chi connectivity index (χ4v) is 3.94. The molecule has 0 heterocycles. The lowest BCUT2D eigenvalue weighted by molar-refractivity contribution is 0.102. The van der Waals surface area contributed by atoms with Crippen molar-refractivity contribution in [3.05, 3.63) is 89.5 Å². The van der Waals surface area contributed by atoms with Crippen molar-refractivity contribution in [2.45, 2.75) is 18.4 Å². The van der Waals surface area contributed by atoms with Crippen molar-refractivity contribution in [2.24, 2.45) is 0 Å². The largest absolute Gasteiger partial charge is 0.489 e. The molecule has 0 aliphatic rings. The van der Waals surface area contributed by atoms with Crippen LogP contribution in [0.1, 0.15) is 21.5 Å². The smallest absolute Gasteiger partial charge is 0.255 e. The normalized spacial score (nSPS) is 11.3. The molecule has 1 N–H and O–H groups in total. The monoisotopic (exact) mass is 424 g/mol. The molecule has 0 saturated carbocycles. The van der Waals surface area contributed by atoms with E-state index in [4.69, 9.17) is 4.74 Å². The minimum absolute atomic E-state index is 0.165. The second-order valence-electron chi connectivity index (χ2n) is 7.02. The number of nitrogens with one attached hydrogen (secondary N) is 1. The van der Waals surface area contributed by atoms with E-state index in [0.29, 0.717) is 23.4 Å². The second-order valence-corrected chi connectivity index (χ2v) is 9.14. The third-order valence-corrected chi connectivity index (χ3v) is 6.53. The molecule has 0 atom stereocenters. The molecule has 3 aromatic rings. The molecule has 30 heavy (non-hydrogen) atoms. The fraction of sp³-hybridized carbons (Fsp3) is 0.174. The minimum Gasteiger partial charge on any atom is -0.489 e. The van der Waals surface area contributed by atoms with Crippen LogP contribution in [0.4, 0.5) is 5.69 Å². The molecule has 0 bridgehead atoms. The van der Waals surface area contributed by atoms with Crippen LogP contribution in [0.25, 0.3) is 0 Å². The molecule has 1 amide bonds. The van der Waals surface area contributed by atoms with Crippen molar-refractivity contribution in [1.82, 2.24) is 4.31 Å². The van der Waals surface area contributed by atoms with Crippen LogP contribution in [-0.4, -0.2) is 32.7 Å². The quantitative estimate of drug-likeness (QED) is 0.620. The van der Waals surface area contributed by atoms with Crippen LogP contribution >= 0.6 is 0 Å². The molecule has 0 aliphatic carbocycles. The maximum atomic E-state index is 12.6. The van der Waals surface area contributed by atoms with E-state index in [0.717, 1.165) is 15.6 Å². The molecular formula is C23H24N2O4S. The molecule has 3 aromatic carbocycles. The summed E-state index contributed by atoms with van der Waals surface area (Å²) in [7, 11) is -0.647. The van der Waals surface area contributed by atoms with Gasteiger partial charge in [0.05, 0.1) is 4.90 Å². The first-order valence-corrected chi connectivity index (χ1v) is 10.8. The van der Waals surface area contributed by atoms with E-state index in [1.165, 1.54) is 20.2 Å². The number of ether oxygens (including phenoxy) is 1. The molecule has 156 valence electrons. The highest BCUT2D eigenvalue weighted by Gasteiger charge is 2.20. The van der Waals surface area contributed by atoms with Gasteiger partial charge in [0.1, 0.15) is 12.4 Å². The lowest BCUT2D eigenvalue weighted by atomic mass is 10.1. The number of rotatable bonds is 7. The number of aryl methyl sites for hydroxylation is 1. The Balaban J connectivity index is 1.69. The van der Waals surface area contributed by atoms with E-state index >= 15 is 0 Å². The Labute approximate surface area is 177 Å². The number of amides is 1. The van der Waals surface area contributed by atoms with Crippen molar-refractivity contribution < 1.29 is 17.9 Å². The third-order valence-electron chi connectivity index (χ3n) is 4.57. The predicted octanol–water partition coefficient (Wildman–Crippen LogP) is 4.08. The number of benzene rings is 3. The Morgan fingerprint density at radius 1 is 0.967 bits per heavy atom. The number of carbonyl (C=O) groups excluding carboxylic acids is 1. The molecule has 0 radical (unpaired) electrons. The van der Waals surface area contributed by atoms with Crippen LogP contribution in [0, 0.1) is 6.92 Å². The first-order valence-electron chi connectivity index (χ1n) is 9.39. The topological polar surface area (TPSA) is 75.7 Å². The van der Waals surface area contributed by atoms with Crippen molar-refractivity contribution in [2.75, 3.05) is 19.4 Å². The highest BCUT2D eigenvalue weighted by molar-refractivity contribution is 7.89. The van der Waals surface area contributed by atoms with Crippen molar-refractivity contribution in [3.8, 4) is 5.75 Å². The van der Waals surface area contributed by atoms with Gasteiger partial charge >= 0.3 is 0 Å². The van der Waals surface area contributed by atoms with Gasteiger partial charge in [-0.15, -0.1) is 0 Å². The predicted molar refractivity (Wildman–Crippen MR) is 117 cm³/mol. The van der Waals surface area contributed by atoms with Gasteiger partial charge in [0.15, 0.2) is 0 Å². The minimum atomic E-state index is -3.60. The zero-order valence-electron chi connectivity index (χ0n) is 17.1. The van der Waals surface area contributed by atoms with Crippen molar-refractivity contribution in [1.29, 1.82) is 0 Å². The van der Waals surface area contributed by atoms with E-state index in [1.54, 1.807) is 31.2 Å². The number of hydrogen-bond acceptors (Lipinski definition) is 4. The number of hydrogen-bond donors (Lipinski definition) is 1. The van der Waals surface area contributed by atoms with Gasteiger partial charge in [0, 0.05) is 25.3 Å². The molecular weight excluding hydrogens is 400 g/mol. The average Bonchev–Trinajstić information content (AvgIpc) is 2.74. The highest BCUT2D eigenvalue weighted by atomic mass is 32.2. The van der Waals surface area contributed by atoms with Crippen LogP contribution in [-0.2, 0) is 16.6 Å². The molecule has 0 saturated heterocycles. The maximum absolute atomic E-state index is 12.6. The third kappa shape index (κ3) is 5.06. The zero-order valence-corrected chi connectivity index (χ0v) is 17.9. The number of carbonyl (C=O) groups is 1. The zero-order chi connectivity index (χ0) is 21.7. The van der Waals surface area contributed by atoms with Crippen LogP contribution < -0.4 is 10.1 Å². The van der Waals surface area contributed by atoms with Gasteiger partial charge in [-0.05, 0) is 54.4 Å². The molecule has 6 nitrogen and oxygen atoms in total. The van der Waals surface area contributed by atoms with Crippen molar-refractivity contribution in [3.63, 3.8) is 0 Å². The van der Waals surface area contributed by atoms with Crippen LogP contribution in [0.5, 0.6) is 5.75 Å². The first-order chi connectivity index (χ1) is 14.3. The Morgan fingerprint density at radius 2 is 1.63 bits per heavy atom. The Bertz CT molecular complexity index is 1130. The summed E-state index contributed by atoms with van der Waals surface area (Å²) in [5.74, 6) is 0.463. The summed E-state index contributed by atoms with van der Waals surface area (Å²) in [5, 5.41) is 2.76. The van der Waals surface area contributed by atoms with Gasteiger partial charge in [0.25, 0.3) is 5.91 Å². The van der Waals surface area contributed by atoms with Gasteiger partial charge in [-0.3, -0.25) is 4.79 Å². The molecule has 0 spiro atoms. The van der Waals surface area contributed by atoms with Gasteiger partial charge < -0.3 is 10.1 Å². The average molecular weight is 425 g/mol. The summed E-state index contributed by atoms with van der Waals surface area (Å²) in [4.78, 5) is 12.7. The van der Waals surface area contributed by atoms with Crippen LogP contribution in [0.2, 0.25) is 0 Å². The van der Waals surface area contributed by atoms with Gasteiger partial charge in [-0.2, -0.15) is 0 Å². The van der Waals surface area contributed by atoms with Gasteiger partial charge in [0.2, 0.25) is 10.0 Å². The number of nitrogens with zero attached hydrogens (tertiary/aromatic N) is 1. The second kappa shape index (κ2) is 9.11. The van der Waals surface area contributed by atoms with Gasteiger partial charge in [-0.1, -0.05) is 36.4 Å². The van der Waals surface area contributed by atoms with E-state index < -0.39 is 10.0 Å². The van der Waals surface area contributed by atoms with Crippen LogP contribution in [0.3, 0.4) is 0 Å². The van der Waals surface area contributed by atoms with E-state index in [2.05, 4.69) is 5.32 Å². The maximum Gasteiger partial charge on any atom is 0.255 e. The standard InChI is InChI=1S/C23H24N2O4S/c1-17-9-14-20(15-22(17)30(27,28)25(2)3)24-23(26)19-12-10-18(11-13-19)16-29-21-7-5-4-6-8-21/h4-15H,16H2,1-3H3,(H,24,26). The summed E-state index contributed by atoms with van der Waals surface area (Å²) < 4.78 is 31.8. The lowest BCUT2D eigenvalue weighted by Gasteiger charge is -2.15. The van der Waals surface area contributed by atoms with E-state index in [1.807, 2.05) is 42.5 Å². The van der Waals surface area contributed by atoms with Gasteiger partial charge in [-0.25, -0.2) is 12.7 Å². The lowest BCUT2D eigenvalue weighted by Crippen LogP contribution is -2.23.